The van der Waals surface area contributed by atoms with Gasteiger partial charge >= 0.3 is 0 Å². The third-order valence-electron chi connectivity index (χ3n) is 2.78. The summed E-state index contributed by atoms with van der Waals surface area (Å²) in [6, 6.07) is 1.22. The molecule has 0 aromatic carbocycles. The lowest BCUT2D eigenvalue weighted by Crippen LogP contribution is -2.16. The molecule has 1 aromatic heterocycles. The number of anilines is 1. The molecule has 1 saturated carbocycles. The Morgan fingerprint density at radius 3 is 2.93 bits per heavy atom. The first-order chi connectivity index (χ1) is 6.70. The molecule has 78 valence electrons. The molecular formula is C11H19N3. The Bertz CT molecular complexity index is 312. The largest absolute Gasteiger partial charge is 0.353 e. The summed E-state index contributed by atoms with van der Waals surface area (Å²) in [4.78, 5) is 4.51. The van der Waals surface area contributed by atoms with E-state index in [0.29, 0.717) is 12.1 Å². The van der Waals surface area contributed by atoms with Crippen molar-refractivity contribution in [1.82, 2.24) is 9.55 Å². The average molecular weight is 193 g/mol. The number of imidazole rings is 1. The molecule has 1 aliphatic carbocycles. The minimum absolute atomic E-state index is 0.509. The lowest BCUT2D eigenvalue weighted by Gasteiger charge is -2.13. The SMILES string of the molecule is CCC(C)Nc1nc(C)cn1C1CC1. The van der Waals surface area contributed by atoms with Crippen LogP contribution in [-0.2, 0) is 0 Å². The van der Waals surface area contributed by atoms with Crippen molar-refractivity contribution in [2.24, 2.45) is 0 Å². The fourth-order valence-electron chi connectivity index (χ4n) is 1.58. The van der Waals surface area contributed by atoms with Crippen LogP contribution in [0, 0.1) is 6.92 Å². The van der Waals surface area contributed by atoms with Gasteiger partial charge in [0.1, 0.15) is 0 Å². The third-order valence-corrected chi connectivity index (χ3v) is 2.78. The number of hydrogen-bond donors (Lipinski definition) is 1. The summed E-state index contributed by atoms with van der Waals surface area (Å²) in [5.41, 5.74) is 1.11. The van der Waals surface area contributed by atoms with E-state index in [-0.39, 0.29) is 0 Å². The van der Waals surface area contributed by atoms with Gasteiger partial charge in [0.25, 0.3) is 0 Å². The van der Waals surface area contributed by atoms with Gasteiger partial charge in [-0.1, -0.05) is 6.92 Å². The summed E-state index contributed by atoms with van der Waals surface area (Å²) >= 11 is 0. The van der Waals surface area contributed by atoms with Crippen molar-refractivity contribution < 1.29 is 0 Å². The standard InChI is InChI=1S/C11H19N3/c1-4-8(2)12-11-13-9(3)7-14(11)10-5-6-10/h7-8,10H,4-6H2,1-3H3,(H,12,13). The number of aryl methyl sites for hydroxylation is 1. The highest BCUT2D eigenvalue weighted by atomic mass is 15.2. The van der Waals surface area contributed by atoms with Crippen molar-refractivity contribution in [3.05, 3.63) is 11.9 Å². The lowest BCUT2D eigenvalue weighted by atomic mass is 10.3. The Morgan fingerprint density at radius 1 is 1.64 bits per heavy atom. The Morgan fingerprint density at radius 2 is 2.36 bits per heavy atom. The van der Waals surface area contributed by atoms with Crippen LogP contribution < -0.4 is 5.32 Å². The Hall–Kier alpha value is -0.990. The van der Waals surface area contributed by atoms with Crippen LogP contribution in [0.25, 0.3) is 0 Å². The molecular weight excluding hydrogens is 174 g/mol. The zero-order valence-corrected chi connectivity index (χ0v) is 9.25. The highest BCUT2D eigenvalue weighted by Crippen LogP contribution is 2.37. The summed E-state index contributed by atoms with van der Waals surface area (Å²) in [6.07, 6.45) is 5.91. The molecule has 0 radical (unpaired) electrons. The van der Waals surface area contributed by atoms with Gasteiger partial charge in [0.2, 0.25) is 5.95 Å². The van der Waals surface area contributed by atoms with Gasteiger partial charge in [-0.3, -0.25) is 0 Å². The van der Waals surface area contributed by atoms with Crippen molar-refractivity contribution in [3.8, 4) is 0 Å². The van der Waals surface area contributed by atoms with E-state index in [1.165, 1.54) is 12.8 Å². The topological polar surface area (TPSA) is 29.9 Å². The average Bonchev–Trinajstić information content (AvgIpc) is 2.92. The molecule has 0 amide bonds. The monoisotopic (exact) mass is 193 g/mol. The van der Waals surface area contributed by atoms with E-state index in [2.05, 4.69) is 41.8 Å². The highest BCUT2D eigenvalue weighted by molar-refractivity contribution is 5.31. The minimum atomic E-state index is 0.509. The molecule has 1 fully saturated rings. The van der Waals surface area contributed by atoms with Crippen LogP contribution in [0.4, 0.5) is 5.95 Å². The second-order valence-corrected chi connectivity index (χ2v) is 4.30. The quantitative estimate of drug-likeness (QED) is 0.796. The van der Waals surface area contributed by atoms with Crippen LogP contribution in [0.15, 0.2) is 6.20 Å². The number of rotatable bonds is 4. The van der Waals surface area contributed by atoms with Crippen molar-refractivity contribution >= 4 is 5.95 Å². The number of aromatic nitrogens is 2. The van der Waals surface area contributed by atoms with Gasteiger partial charge in [0.15, 0.2) is 0 Å². The second-order valence-electron chi connectivity index (χ2n) is 4.30. The minimum Gasteiger partial charge on any atom is -0.353 e. The van der Waals surface area contributed by atoms with Crippen molar-refractivity contribution in [1.29, 1.82) is 0 Å². The van der Waals surface area contributed by atoms with Gasteiger partial charge in [-0.2, -0.15) is 0 Å². The summed E-state index contributed by atoms with van der Waals surface area (Å²) in [5.74, 6) is 1.05. The van der Waals surface area contributed by atoms with Crippen LogP contribution in [0.5, 0.6) is 0 Å². The van der Waals surface area contributed by atoms with Gasteiger partial charge in [0, 0.05) is 18.3 Å². The molecule has 1 atom stereocenters. The number of hydrogen-bond acceptors (Lipinski definition) is 2. The molecule has 1 unspecified atom stereocenters. The third kappa shape index (κ3) is 1.91. The smallest absolute Gasteiger partial charge is 0.203 e. The molecule has 2 rings (SSSR count). The van der Waals surface area contributed by atoms with Crippen LogP contribution in [0.3, 0.4) is 0 Å². The molecule has 1 heterocycles. The predicted octanol–water partition coefficient (Wildman–Crippen LogP) is 2.74. The van der Waals surface area contributed by atoms with E-state index in [1.807, 2.05) is 0 Å². The molecule has 1 aromatic rings. The fraction of sp³-hybridized carbons (Fsp3) is 0.727. The zero-order chi connectivity index (χ0) is 10.1. The summed E-state index contributed by atoms with van der Waals surface area (Å²) in [6.45, 7) is 6.44. The first-order valence-electron chi connectivity index (χ1n) is 5.52. The molecule has 1 aliphatic rings. The molecule has 0 aliphatic heterocycles. The lowest BCUT2D eigenvalue weighted by molar-refractivity contribution is 0.702. The Kier molecular flexibility index (Phi) is 2.48. The molecule has 3 nitrogen and oxygen atoms in total. The van der Waals surface area contributed by atoms with Gasteiger partial charge < -0.3 is 9.88 Å². The maximum Gasteiger partial charge on any atom is 0.203 e. The summed E-state index contributed by atoms with van der Waals surface area (Å²) in [7, 11) is 0. The van der Waals surface area contributed by atoms with Crippen LogP contribution in [-0.4, -0.2) is 15.6 Å². The van der Waals surface area contributed by atoms with E-state index < -0.39 is 0 Å². The molecule has 14 heavy (non-hydrogen) atoms. The molecule has 3 heteroatoms. The van der Waals surface area contributed by atoms with E-state index in [4.69, 9.17) is 0 Å². The maximum atomic E-state index is 4.51. The zero-order valence-electron chi connectivity index (χ0n) is 9.25. The van der Waals surface area contributed by atoms with Crippen molar-refractivity contribution in [2.75, 3.05) is 5.32 Å². The van der Waals surface area contributed by atoms with Gasteiger partial charge in [-0.25, -0.2) is 4.98 Å². The van der Waals surface area contributed by atoms with Crippen LogP contribution in [0.2, 0.25) is 0 Å². The van der Waals surface area contributed by atoms with Crippen LogP contribution in [0.1, 0.15) is 44.8 Å². The molecule has 0 bridgehead atoms. The highest BCUT2D eigenvalue weighted by Gasteiger charge is 2.26. The van der Waals surface area contributed by atoms with E-state index in [1.54, 1.807) is 0 Å². The van der Waals surface area contributed by atoms with Crippen LogP contribution >= 0.6 is 0 Å². The maximum absolute atomic E-state index is 4.51. The Labute approximate surface area is 85.5 Å². The second kappa shape index (κ2) is 3.64. The molecule has 0 spiro atoms. The van der Waals surface area contributed by atoms with E-state index in [0.717, 1.165) is 18.1 Å². The molecule has 1 N–H and O–H groups in total. The number of nitrogens with zero attached hydrogens (tertiary/aromatic N) is 2. The van der Waals surface area contributed by atoms with Gasteiger partial charge in [-0.15, -0.1) is 0 Å². The van der Waals surface area contributed by atoms with Gasteiger partial charge in [0.05, 0.1) is 5.69 Å². The van der Waals surface area contributed by atoms with Crippen molar-refractivity contribution in [2.45, 2.75) is 52.1 Å². The summed E-state index contributed by atoms with van der Waals surface area (Å²) < 4.78 is 2.29. The fourth-order valence-corrected chi connectivity index (χ4v) is 1.58. The normalized spacial score (nSPS) is 18.2. The first-order valence-corrected chi connectivity index (χ1v) is 5.52. The van der Waals surface area contributed by atoms with Gasteiger partial charge in [-0.05, 0) is 33.1 Å². The predicted molar refractivity (Wildman–Crippen MR) is 58.6 cm³/mol. The first kappa shape index (κ1) is 9.56. The Balaban J connectivity index is 2.14. The molecule has 0 saturated heterocycles. The van der Waals surface area contributed by atoms with Crippen molar-refractivity contribution in [3.63, 3.8) is 0 Å². The van der Waals surface area contributed by atoms with E-state index in [9.17, 15) is 0 Å². The van der Waals surface area contributed by atoms with E-state index >= 15 is 0 Å². The summed E-state index contributed by atoms with van der Waals surface area (Å²) in [5, 5.41) is 3.45. The number of nitrogens with one attached hydrogen (secondary N) is 1.